The molecule has 0 saturated carbocycles. The standard InChI is InChI=1S/2C54H30O/c2*1-2-7-38-30-49-47(29-37(38)6-1)54-44(12-5-13-48(54)55-49)41-27-39(42-22-18-35-16-14-31-8-3-10-33-20-24-45(42)52(35)50(31)33)26-40(28-41)43-23-19-36-17-15-32-9-4-11-34-21-25-46(43)53(36)51(32)34/h2*1-30H/i1D,2D,5D,6D,7D,12D,13D,29D,30D;26D,27D,28D. The number of rotatable bonds is 6. The van der Waals surface area contributed by atoms with Gasteiger partial charge in [-0.25, -0.2) is 0 Å². The monoisotopic (exact) mass is 1400 g/mol. The fraction of sp³-hybridized carbons (Fsp3) is 0. The molecule has 2 heteroatoms. The predicted octanol–water partition coefficient (Wildman–Crippen LogP) is 31.1. The van der Waals surface area contributed by atoms with Crippen LogP contribution in [0.15, 0.2) is 373 Å². The van der Waals surface area contributed by atoms with Crippen molar-refractivity contribution in [2.45, 2.75) is 0 Å². The lowest BCUT2D eigenvalue weighted by Gasteiger charge is -2.18. The Bertz CT molecular complexity index is 8800. The van der Waals surface area contributed by atoms with Crippen molar-refractivity contribution in [3.63, 3.8) is 0 Å². The molecule has 504 valence electrons. The van der Waals surface area contributed by atoms with E-state index in [4.69, 9.17) is 17.1 Å². The van der Waals surface area contributed by atoms with Gasteiger partial charge in [-0.1, -0.05) is 291 Å². The Kier molecular flexibility index (Phi) is 10.1. The van der Waals surface area contributed by atoms with E-state index in [1.807, 2.05) is 42.5 Å². The van der Waals surface area contributed by atoms with Crippen LogP contribution in [0.2, 0.25) is 0 Å². The first kappa shape index (κ1) is 49.4. The summed E-state index contributed by atoms with van der Waals surface area (Å²) in [5, 5.41) is 30.8. The Balaban J connectivity index is 0.000000135. The van der Waals surface area contributed by atoms with Crippen LogP contribution in [0, 0.1) is 0 Å². The Morgan fingerprint density at radius 3 is 0.964 bits per heavy atom. The quantitative estimate of drug-likeness (QED) is 0.155. The van der Waals surface area contributed by atoms with Crippen LogP contribution in [0.25, 0.3) is 261 Å². The largest absolute Gasteiger partial charge is 0.456 e. The van der Waals surface area contributed by atoms with Crippen molar-refractivity contribution in [3.8, 4) is 66.8 Å². The van der Waals surface area contributed by atoms with Crippen LogP contribution in [-0.4, -0.2) is 0 Å². The van der Waals surface area contributed by atoms with E-state index in [1.165, 1.54) is 21.5 Å². The summed E-state index contributed by atoms with van der Waals surface area (Å²) >= 11 is 0. The summed E-state index contributed by atoms with van der Waals surface area (Å²) in [6, 6.07) is 98.2. The molecule has 0 aliphatic carbocycles. The van der Waals surface area contributed by atoms with E-state index in [2.05, 4.69) is 249 Å². The maximum absolute atomic E-state index is 10.2. The minimum absolute atomic E-state index is 0.0481. The van der Waals surface area contributed by atoms with Crippen LogP contribution in [-0.2, 0) is 0 Å². The molecule has 24 aromatic carbocycles. The highest BCUT2D eigenvalue weighted by molar-refractivity contribution is 6.31. The SMILES string of the molecule is [2H]c1c(-c2ccc3ccc4cccc5ccc2c3c45)c([2H])c(-c2cccc3oc4cc5ccccc5cc4c23)c([2H])c1-c1ccc2ccc3cccc4ccc1c2c34.[2H]c1c([2H])c(-c2cc(-c3ccc4ccc5cccc6ccc3c4c56)cc(-c3ccc4ccc5cccc6ccc3c4c56)c2)c2c(oc3c([2H])c4c([2H])c([2H])c([2H])c([2H])c4c([2H])c32)c1[2H]. The molecule has 0 saturated heterocycles. The molecule has 2 nitrogen and oxygen atoms in total. The lowest BCUT2D eigenvalue weighted by molar-refractivity contribution is 0.669. The number of fused-ring (bicyclic) bond motifs is 8. The van der Waals surface area contributed by atoms with Crippen LogP contribution < -0.4 is 0 Å². The van der Waals surface area contributed by atoms with Gasteiger partial charge in [-0.3, -0.25) is 0 Å². The van der Waals surface area contributed by atoms with Gasteiger partial charge in [0.25, 0.3) is 0 Å². The predicted molar refractivity (Wildman–Crippen MR) is 470 cm³/mol. The van der Waals surface area contributed by atoms with Crippen LogP contribution in [0.1, 0.15) is 16.4 Å². The summed E-state index contributed by atoms with van der Waals surface area (Å²) in [5.74, 6) is 0. The molecule has 0 atom stereocenters. The van der Waals surface area contributed by atoms with E-state index in [0.29, 0.717) is 27.8 Å². The molecule has 0 amide bonds. The average Bonchev–Trinajstić information content (AvgIpc) is 1.34. The first-order chi connectivity index (χ1) is 59.5. The van der Waals surface area contributed by atoms with E-state index in [-0.39, 0.29) is 74.5 Å². The van der Waals surface area contributed by atoms with Gasteiger partial charge in [0.1, 0.15) is 22.3 Å². The Morgan fingerprint density at radius 2 is 0.509 bits per heavy atom. The normalized spacial score (nSPS) is 13.9. The molecule has 0 aliphatic heterocycles. The Labute approximate surface area is 646 Å². The highest BCUT2D eigenvalue weighted by Gasteiger charge is 2.24. The van der Waals surface area contributed by atoms with Crippen LogP contribution in [0.3, 0.4) is 0 Å². The topological polar surface area (TPSA) is 26.3 Å². The molecule has 0 spiro atoms. The van der Waals surface area contributed by atoms with E-state index in [1.54, 1.807) is 0 Å². The van der Waals surface area contributed by atoms with Gasteiger partial charge in [0.05, 0.1) is 16.4 Å². The maximum Gasteiger partial charge on any atom is 0.136 e. The van der Waals surface area contributed by atoms with Gasteiger partial charge in [-0.2, -0.15) is 0 Å². The van der Waals surface area contributed by atoms with Gasteiger partial charge in [0.2, 0.25) is 0 Å². The lowest BCUT2D eigenvalue weighted by Crippen LogP contribution is -1.91. The molecule has 0 N–H and O–H groups in total. The molecule has 26 aromatic rings. The van der Waals surface area contributed by atoms with Crippen molar-refractivity contribution in [2.75, 3.05) is 0 Å². The van der Waals surface area contributed by atoms with Crippen LogP contribution in [0.4, 0.5) is 0 Å². The molecule has 0 fully saturated rings. The molecular weight excluding hydrogens is 1330 g/mol. The first-order valence-corrected chi connectivity index (χ1v) is 37.2. The minimum Gasteiger partial charge on any atom is -0.456 e. The van der Waals surface area contributed by atoms with Crippen molar-refractivity contribution in [1.29, 1.82) is 0 Å². The summed E-state index contributed by atoms with van der Waals surface area (Å²) < 4.78 is 124. The second-order valence-electron chi connectivity index (χ2n) is 29.4. The highest BCUT2D eigenvalue weighted by atomic mass is 16.3. The summed E-state index contributed by atoms with van der Waals surface area (Å²) in [4.78, 5) is 0. The molecular formula is C108H60O2. The molecule has 110 heavy (non-hydrogen) atoms. The van der Waals surface area contributed by atoms with E-state index >= 15 is 0 Å². The first-order valence-electron chi connectivity index (χ1n) is 43.2. The molecule has 0 radical (unpaired) electrons. The number of hydrogen-bond acceptors (Lipinski definition) is 2. The van der Waals surface area contributed by atoms with Crippen molar-refractivity contribution in [3.05, 3.63) is 364 Å². The summed E-state index contributed by atoms with van der Waals surface area (Å²) in [7, 11) is 0. The smallest absolute Gasteiger partial charge is 0.136 e. The summed E-state index contributed by atoms with van der Waals surface area (Å²) in [5.41, 5.74) is 9.43. The zero-order chi connectivity index (χ0) is 82.0. The van der Waals surface area contributed by atoms with E-state index < -0.39 is 36.3 Å². The van der Waals surface area contributed by atoms with Crippen molar-refractivity contribution >= 4 is 195 Å². The fourth-order valence-corrected chi connectivity index (χ4v) is 18.7. The summed E-state index contributed by atoms with van der Waals surface area (Å²) in [6.45, 7) is 0. The van der Waals surface area contributed by atoms with Gasteiger partial charge in [0.15, 0.2) is 0 Å². The van der Waals surface area contributed by atoms with Crippen LogP contribution in [0.5, 0.6) is 0 Å². The number of hydrogen-bond donors (Lipinski definition) is 0. The second-order valence-corrected chi connectivity index (χ2v) is 29.4. The number of furan rings is 2. The van der Waals surface area contributed by atoms with Gasteiger partial charge in [0, 0.05) is 21.5 Å². The van der Waals surface area contributed by atoms with Crippen molar-refractivity contribution in [2.24, 2.45) is 0 Å². The zero-order valence-corrected chi connectivity index (χ0v) is 58.5. The maximum atomic E-state index is 10.2. The second kappa shape index (κ2) is 22.6. The average molecular weight is 1400 g/mol. The highest BCUT2D eigenvalue weighted by Crippen LogP contribution is 2.50. The third kappa shape index (κ3) is 8.70. The van der Waals surface area contributed by atoms with Gasteiger partial charge in [-0.15, -0.1) is 0 Å². The summed E-state index contributed by atoms with van der Waals surface area (Å²) in [6.07, 6.45) is 0. The molecule has 0 bridgehead atoms. The van der Waals surface area contributed by atoms with E-state index in [9.17, 15) is 8.22 Å². The number of benzene rings is 24. The van der Waals surface area contributed by atoms with Gasteiger partial charge < -0.3 is 8.83 Å². The molecule has 0 aliphatic rings. The third-order valence-electron chi connectivity index (χ3n) is 23.6. The van der Waals surface area contributed by atoms with Crippen LogP contribution >= 0.6 is 0 Å². The lowest BCUT2D eigenvalue weighted by atomic mass is 9.85. The third-order valence-corrected chi connectivity index (χ3v) is 23.6. The van der Waals surface area contributed by atoms with E-state index in [0.717, 1.165) is 174 Å². The molecule has 2 aromatic heterocycles. The fourth-order valence-electron chi connectivity index (χ4n) is 18.7. The molecule has 26 rings (SSSR count). The Hall–Kier alpha value is -14.4. The van der Waals surface area contributed by atoms with Crippen molar-refractivity contribution < 1.29 is 25.3 Å². The van der Waals surface area contributed by atoms with Gasteiger partial charge in [-0.05, 0) is 290 Å². The van der Waals surface area contributed by atoms with Gasteiger partial charge >= 0.3 is 0 Å². The molecule has 2 heterocycles. The van der Waals surface area contributed by atoms with Crippen molar-refractivity contribution in [1.82, 2.24) is 0 Å². The zero-order valence-electron chi connectivity index (χ0n) is 70.5. The minimum atomic E-state index is -0.535. The Morgan fingerprint density at radius 1 is 0.164 bits per heavy atom. The molecule has 0 unspecified atom stereocenters.